The van der Waals surface area contributed by atoms with E-state index >= 15 is 0 Å². The molecule has 7 heteroatoms. The van der Waals surface area contributed by atoms with Crippen LogP contribution in [0.15, 0.2) is 47.6 Å². The van der Waals surface area contributed by atoms with Gasteiger partial charge >= 0.3 is 0 Å². The zero-order valence-electron chi connectivity index (χ0n) is 12.9. The molecule has 1 amide bonds. The number of amides is 1. The second kappa shape index (κ2) is 6.16. The van der Waals surface area contributed by atoms with Crippen molar-refractivity contribution >= 4 is 15.7 Å². The van der Waals surface area contributed by atoms with Crippen molar-refractivity contribution in [1.82, 2.24) is 14.7 Å². The van der Waals surface area contributed by atoms with Gasteiger partial charge in [0.05, 0.1) is 17.5 Å². The molecule has 0 bridgehead atoms. The summed E-state index contributed by atoms with van der Waals surface area (Å²) in [5, 5.41) is 4.19. The molecule has 1 aliphatic rings. The van der Waals surface area contributed by atoms with Gasteiger partial charge in [-0.3, -0.25) is 9.48 Å². The minimum absolute atomic E-state index is 0.0873. The average molecular weight is 333 g/mol. The standard InChI is InChI=1S/C16H19N3O3S/c1-23(21,22)15-7-2-5-13(11-15)16(20)19-10-3-6-14(19)12-18-9-4-8-17-18/h2,4-5,7-9,11,14H,3,6,10,12H2,1H3/t14-/m1/s1. The summed E-state index contributed by atoms with van der Waals surface area (Å²) in [6.45, 7) is 1.35. The number of rotatable bonds is 4. The van der Waals surface area contributed by atoms with Gasteiger partial charge in [-0.25, -0.2) is 8.42 Å². The molecule has 122 valence electrons. The fourth-order valence-electron chi connectivity index (χ4n) is 2.94. The fourth-order valence-corrected chi connectivity index (χ4v) is 3.61. The smallest absolute Gasteiger partial charge is 0.254 e. The number of benzene rings is 1. The lowest BCUT2D eigenvalue weighted by Crippen LogP contribution is -2.38. The van der Waals surface area contributed by atoms with E-state index in [1.807, 2.05) is 21.8 Å². The molecular weight excluding hydrogens is 314 g/mol. The van der Waals surface area contributed by atoms with Crippen LogP contribution in [-0.2, 0) is 16.4 Å². The van der Waals surface area contributed by atoms with Crippen LogP contribution in [0.2, 0.25) is 0 Å². The highest BCUT2D eigenvalue weighted by molar-refractivity contribution is 7.90. The van der Waals surface area contributed by atoms with E-state index in [0.29, 0.717) is 18.7 Å². The van der Waals surface area contributed by atoms with Gasteiger partial charge < -0.3 is 4.90 Å². The SMILES string of the molecule is CS(=O)(=O)c1cccc(C(=O)N2CCC[C@@H]2Cn2cccn2)c1. The first-order valence-electron chi connectivity index (χ1n) is 7.54. The van der Waals surface area contributed by atoms with E-state index in [1.54, 1.807) is 18.3 Å². The van der Waals surface area contributed by atoms with E-state index in [-0.39, 0.29) is 16.8 Å². The summed E-state index contributed by atoms with van der Waals surface area (Å²) < 4.78 is 25.2. The van der Waals surface area contributed by atoms with Crippen molar-refractivity contribution in [2.45, 2.75) is 30.3 Å². The Morgan fingerprint density at radius 3 is 2.87 bits per heavy atom. The van der Waals surface area contributed by atoms with Crippen LogP contribution in [0.25, 0.3) is 0 Å². The first kappa shape index (κ1) is 15.7. The third kappa shape index (κ3) is 3.44. The molecule has 0 radical (unpaired) electrons. The van der Waals surface area contributed by atoms with E-state index < -0.39 is 9.84 Å². The molecule has 1 fully saturated rings. The second-order valence-corrected chi connectivity index (χ2v) is 7.84. The lowest BCUT2D eigenvalue weighted by Gasteiger charge is -2.25. The highest BCUT2D eigenvalue weighted by Crippen LogP contribution is 2.22. The molecule has 6 nitrogen and oxygen atoms in total. The Hall–Kier alpha value is -2.15. The van der Waals surface area contributed by atoms with Crippen LogP contribution >= 0.6 is 0 Å². The normalized spacial score (nSPS) is 18.3. The summed E-state index contributed by atoms with van der Waals surface area (Å²) in [7, 11) is -3.32. The zero-order valence-corrected chi connectivity index (χ0v) is 13.7. The molecule has 0 N–H and O–H groups in total. The van der Waals surface area contributed by atoms with E-state index in [4.69, 9.17) is 0 Å². The summed E-state index contributed by atoms with van der Waals surface area (Å²) in [5.41, 5.74) is 0.417. The summed E-state index contributed by atoms with van der Waals surface area (Å²) in [6, 6.07) is 8.20. The van der Waals surface area contributed by atoms with Crippen molar-refractivity contribution in [3.8, 4) is 0 Å². The van der Waals surface area contributed by atoms with Gasteiger partial charge in [0.15, 0.2) is 9.84 Å². The Labute approximate surface area is 135 Å². The Morgan fingerprint density at radius 2 is 2.17 bits per heavy atom. The molecule has 1 aliphatic heterocycles. The molecule has 2 heterocycles. The van der Waals surface area contributed by atoms with Crippen molar-refractivity contribution in [2.75, 3.05) is 12.8 Å². The van der Waals surface area contributed by atoms with Gasteiger partial charge in [0.25, 0.3) is 5.91 Å². The molecule has 0 aliphatic carbocycles. The van der Waals surface area contributed by atoms with Gasteiger partial charge in [0.1, 0.15) is 0 Å². The number of hydrogen-bond acceptors (Lipinski definition) is 4. The molecule has 1 saturated heterocycles. The summed E-state index contributed by atoms with van der Waals surface area (Å²) in [4.78, 5) is 14.8. The number of sulfone groups is 1. The number of carbonyl (C=O) groups is 1. The first-order chi connectivity index (χ1) is 10.9. The van der Waals surface area contributed by atoms with Crippen LogP contribution in [0.4, 0.5) is 0 Å². The largest absolute Gasteiger partial charge is 0.334 e. The van der Waals surface area contributed by atoms with Crippen molar-refractivity contribution in [3.63, 3.8) is 0 Å². The Kier molecular flexibility index (Phi) is 4.21. The number of likely N-dealkylation sites (tertiary alicyclic amines) is 1. The van der Waals surface area contributed by atoms with Gasteiger partial charge in [-0.05, 0) is 37.1 Å². The van der Waals surface area contributed by atoms with Crippen molar-refractivity contribution in [1.29, 1.82) is 0 Å². The maximum atomic E-state index is 12.8. The number of aromatic nitrogens is 2. The van der Waals surface area contributed by atoms with Crippen molar-refractivity contribution in [2.24, 2.45) is 0 Å². The maximum absolute atomic E-state index is 12.8. The monoisotopic (exact) mass is 333 g/mol. The molecule has 1 aromatic carbocycles. The molecule has 1 atom stereocenters. The van der Waals surface area contributed by atoms with Crippen LogP contribution in [0.5, 0.6) is 0 Å². The minimum atomic E-state index is -3.32. The number of hydrogen-bond donors (Lipinski definition) is 0. The predicted molar refractivity (Wildman–Crippen MR) is 85.8 cm³/mol. The highest BCUT2D eigenvalue weighted by atomic mass is 32.2. The van der Waals surface area contributed by atoms with Crippen LogP contribution in [0.1, 0.15) is 23.2 Å². The first-order valence-corrected chi connectivity index (χ1v) is 9.43. The number of nitrogens with zero attached hydrogens (tertiary/aromatic N) is 3. The summed E-state index contributed by atoms with van der Waals surface area (Å²) >= 11 is 0. The molecule has 23 heavy (non-hydrogen) atoms. The van der Waals surface area contributed by atoms with Crippen LogP contribution < -0.4 is 0 Å². The third-order valence-electron chi connectivity index (χ3n) is 4.10. The average Bonchev–Trinajstić information content (AvgIpc) is 3.18. The lowest BCUT2D eigenvalue weighted by molar-refractivity contribution is 0.0721. The number of carbonyl (C=O) groups excluding carboxylic acids is 1. The highest BCUT2D eigenvalue weighted by Gasteiger charge is 2.30. The van der Waals surface area contributed by atoms with Gasteiger partial charge in [0, 0.05) is 30.8 Å². The fraction of sp³-hybridized carbons (Fsp3) is 0.375. The van der Waals surface area contributed by atoms with Gasteiger partial charge in [0.2, 0.25) is 0 Å². The molecule has 0 spiro atoms. The van der Waals surface area contributed by atoms with Crippen LogP contribution in [0, 0.1) is 0 Å². The Bertz CT molecular complexity index is 800. The lowest BCUT2D eigenvalue weighted by atomic mass is 10.1. The second-order valence-electron chi connectivity index (χ2n) is 5.82. The minimum Gasteiger partial charge on any atom is -0.334 e. The Morgan fingerprint density at radius 1 is 1.35 bits per heavy atom. The van der Waals surface area contributed by atoms with E-state index in [2.05, 4.69) is 5.10 Å². The predicted octanol–water partition coefficient (Wildman–Crippen LogP) is 1.59. The molecule has 3 rings (SSSR count). The summed E-state index contributed by atoms with van der Waals surface area (Å²) in [5.74, 6) is -0.120. The van der Waals surface area contributed by atoms with E-state index in [9.17, 15) is 13.2 Å². The topological polar surface area (TPSA) is 72.3 Å². The molecule has 2 aromatic rings. The third-order valence-corrected chi connectivity index (χ3v) is 5.21. The summed E-state index contributed by atoms with van der Waals surface area (Å²) in [6.07, 6.45) is 6.62. The zero-order chi connectivity index (χ0) is 16.4. The maximum Gasteiger partial charge on any atom is 0.254 e. The molecule has 0 saturated carbocycles. The van der Waals surface area contributed by atoms with Gasteiger partial charge in [-0.2, -0.15) is 5.10 Å². The van der Waals surface area contributed by atoms with Gasteiger partial charge in [-0.1, -0.05) is 6.07 Å². The van der Waals surface area contributed by atoms with Crippen molar-refractivity contribution in [3.05, 3.63) is 48.3 Å². The quantitative estimate of drug-likeness (QED) is 0.852. The molecular formula is C16H19N3O3S. The Balaban J connectivity index is 1.82. The van der Waals surface area contributed by atoms with E-state index in [1.165, 1.54) is 12.1 Å². The van der Waals surface area contributed by atoms with Crippen LogP contribution in [-0.4, -0.2) is 47.8 Å². The molecule has 1 aromatic heterocycles. The van der Waals surface area contributed by atoms with Crippen LogP contribution in [0.3, 0.4) is 0 Å². The van der Waals surface area contributed by atoms with Gasteiger partial charge in [-0.15, -0.1) is 0 Å². The van der Waals surface area contributed by atoms with E-state index in [0.717, 1.165) is 19.1 Å². The van der Waals surface area contributed by atoms with Crippen molar-refractivity contribution < 1.29 is 13.2 Å². The molecule has 0 unspecified atom stereocenters.